The predicted molar refractivity (Wildman–Crippen MR) is 71.3 cm³/mol. The summed E-state index contributed by atoms with van der Waals surface area (Å²) in [5.74, 6) is 0.771. The van der Waals surface area contributed by atoms with E-state index in [2.05, 4.69) is 5.10 Å². The number of hydrogen-bond donors (Lipinski definition) is 1. The highest BCUT2D eigenvalue weighted by Crippen LogP contribution is 2.40. The highest BCUT2D eigenvalue weighted by Gasteiger charge is 2.17. The molecule has 2 N–H and O–H groups in total. The van der Waals surface area contributed by atoms with Gasteiger partial charge in [0.2, 0.25) is 0 Å². The predicted octanol–water partition coefficient (Wildman–Crippen LogP) is 2.54. The standard InChI is InChI=1S/C12H14FN3OS/c1-16-12(14)9(6-15-16)8-4-7(13)5-10(18-3)11(8)17-2/h4-6H,14H2,1-3H3. The number of rotatable bonds is 3. The largest absolute Gasteiger partial charge is 0.495 e. The first-order chi connectivity index (χ1) is 8.58. The molecule has 0 spiro atoms. The number of nitrogen functional groups attached to an aromatic ring is 1. The van der Waals surface area contributed by atoms with Gasteiger partial charge in [0.15, 0.2) is 0 Å². The monoisotopic (exact) mass is 267 g/mol. The molecule has 1 aromatic heterocycles. The summed E-state index contributed by atoms with van der Waals surface area (Å²) in [6.07, 6.45) is 3.48. The maximum atomic E-state index is 13.6. The van der Waals surface area contributed by atoms with Crippen LogP contribution in [0.15, 0.2) is 23.2 Å². The van der Waals surface area contributed by atoms with E-state index in [9.17, 15) is 4.39 Å². The molecule has 0 amide bonds. The molecule has 0 aliphatic rings. The molecule has 96 valence electrons. The van der Waals surface area contributed by atoms with E-state index in [1.165, 1.54) is 23.9 Å². The van der Waals surface area contributed by atoms with Crippen LogP contribution in [0.4, 0.5) is 10.2 Å². The summed E-state index contributed by atoms with van der Waals surface area (Å²) in [6, 6.07) is 2.85. The van der Waals surface area contributed by atoms with Gasteiger partial charge in [-0.05, 0) is 18.4 Å². The smallest absolute Gasteiger partial charge is 0.140 e. The lowest BCUT2D eigenvalue weighted by atomic mass is 10.1. The first-order valence-corrected chi connectivity index (χ1v) is 6.50. The maximum absolute atomic E-state index is 13.6. The van der Waals surface area contributed by atoms with E-state index in [0.29, 0.717) is 22.7 Å². The van der Waals surface area contributed by atoms with Crippen molar-refractivity contribution in [1.29, 1.82) is 0 Å². The lowest BCUT2D eigenvalue weighted by Gasteiger charge is -2.12. The van der Waals surface area contributed by atoms with Gasteiger partial charge < -0.3 is 10.5 Å². The highest BCUT2D eigenvalue weighted by molar-refractivity contribution is 7.98. The van der Waals surface area contributed by atoms with Crippen molar-refractivity contribution in [2.75, 3.05) is 19.1 Å². The Bertz CT molecular complexity index is 583. The SMILES string of the molecule is COc1c(SC)cc(F)cc1-c1cnn(C)c1N. The number of anilines is 1. The Morgan fingerprint density at radius 3 is 2.61 bits per heavy atom. The van der Waals surface area contributed by atoms with Gasteiger partial charge in [0, 0.05) is 18.2 Å². The molecule has 0 atom stereocenters. The van der Waals surface area contributed by atoms with Crippen molar-refractivity contribution in [3.63, 3.8) is 0 Å². The zero-order chi connectivity index (χ0) is 13.3. The minimum atomic E-state index is -0.321. The van der Waals surface area contributed by atoms with Crippen LogP contribution in [-0.2, 0) is 7.05 Å². The van der Waals surface area contributed by atoms with Crippen molar-refractivity contribution < 1.29 is 9.13 Å². The van der Waals surface area contributed by atoms with Gasteiger partial charge in [-0.25, -0.2) is 4.39 Å². The van der Waals surface area contributed by atoms with Gasteiger partial charge in [0.1, 0.15) is 17.4 Å². The molecule has 2 rings (SSSR count). The summed E-state index contributed by atoms with van der Waals surface area (Å²) in [5, 5.41) is 4.06. The molecular weight excluding hydrogens is 253 g/mol. The van der Waals surface area contributed by atoms with Crippen LogP contribution in [0, 0.1) is 5.82 Å². The zero-order valence-corrected chi connectivity index (χ0v) is 11.2. The third-order valence-corrected chi connectivity index (χ3v) is 3.46. The second-order valence-corrected chi connectivity index (χ2v) is 4.60. The van der Waals surface area contributed by atoms with Crippen LogP contribution in [0.25, 0.3) is 11.1 Å². The van der Waals surface area contributed by atoms with Crippen molar-refractivity contribution in [2.24, 2.45) is 7.05 Å². The van der Waals surface area contributed by atoms with Crippen molar-refractivity contribution in [3.05, 3.63) is 24.1 Å². The fourth-order valence-electron chi connectivity index (χ4n) is 1.79. The molecule has 0 aliphatic heterocycles. The third kappa shape index (κ3) is 2.03. The number of hydrogen-bond acceptors (Lipinski definition) is 4. The van der Waals surface area contributed by atoms with Gasteiger partial charge in [-0.2, -0.15) is 5.10 Å². The molecule has 18 heavy (non-hydrogen) atoms. The molecule has 0 aliphatic carbocycles. The second kappa shape index (κ2) is 4.89. The van der Waals surface area contributed by atoms with E-state index < -0.39 is 0 Å². The molecule has 2 aromatic rings. The van der Waals surface area contributed by atoms with Crippen molar-refractivity contribution >= 4 is 17.6 Å². The van der Waals surface area contributed by atoms with Crippen LogP contribution in [0.2, 0.25) is 0 Å². The van der Waals surface area contributed by atoms with Crippen LogP contribution < -0.4 is 10.5 Å². The summed E-state index contributed by atoms with van der Waals surface area (Å²) < 4.78 is 20.5. The van der Waals surface area contributed by atoms with Crippen molar-refractivity contribution in [3.8, 4) is 16.9 Å². The van der Waals surface area contributed by atoms with Gasteiger partial charge in [-0.15, -0.1) is 11.8 Å². The van der Waals surface area contributed by atoms with Gasteiger partial charge >= 0.3 is 0 Å². The van der Waals surface area contributed by atoms with Gasteiger partial charge in [0.05, 0.1) is 18.2 Å². The van der Waals surface area contributed by atoms with Crippen LogP contribution >= 0.6 is 11.8 Å². The van der Waals surface area contributed by atoms with Crippen LogP contribution in [0.1, 0.15) is 0 Å². The van der Waals surface area contributed by atoms with Crippen molar-refractivity contribution in [2.45, 2.75) is 4.90 Å². The van der Waals surface area contributed by atoms with Crippen LogP contribution in [-0.4, -0.2) is 23.1 Å². The van der Waals surface area contributed by atoms with Gasteiger partial charge in [-0.1, -0.05) is 0 Å². The second-order valence-electron chi connectivity index (χ2n) is 3.76. The fraction of sp³-hybridized carbons (Fsp3) is 0.250. The number of ether oxygens (including phenoxy) is 1. The Hall–Kier alpha value is -1.69. The third-order valence-electron chi connectivity index (χ3n) is 2.72. The molecule has 0 fully saturated rings. The number of aromatic nitrogens is 2. The first-order valence-electron chi connectivity index (χ1n) is 5.27. The van der Waals surface area contributed by atoms with E-state index in [-0.39, 0.29) is 5.82 Å². The highest BCUT2D eigenvalue weighted by atomic mass is 32.2. The van der Waals surface area contributed by atoms with Gasteiger partial charge in [-0.3, -0.25) is 4.68 Å². The Labute approximate surface area is 109 Å². The Morgan fingerprint density at radius 2 is 2.11 bits per heavy atom. The molecule has 0 saturated carbocycles. The first kappa shape index (κ1) is 12.8. The number of benzene rings is 1. The van der Waals surface area contributed by atoms with E-state index in [1.807, 2.05) is 6.26 Å². The summed E-state index contributed by atoms with van der Waals surface area (Å²) in [7, 11) is 3.29. The lowest BCUT2D eigenvalue weighted by Crippen LogP contribution is -1.99. The summed E-state index contributed by atoms with van der Waals surface area (Å²) in [4.78, 5) is 0.732. The lowest BCUT2D eigenvalue weighted by molar-refractivity contribution is 0.405. The van der Waals surface area contributed by atoms with E-state index in [4.69, 9.17) is 10.5 Å². The molecule has 1 heterocycles. The van der Waals surface area contributed by atoms with Crippen LogP contribution in [0.5, 0.6) is 5.75 Å². The number of thioether (sulfide) groups is 1. The summed E-state index contributed by atoms with van der Waals surface area (Å²) in [5.41, 5.74) is 7.20. The minimum Gasteiger partial charge on any atom is -0.495 e. The molecule has 4 nitrogen and oxygen atoms in total. The quantitative estimate of drug-likeness (QED) is 0.868. The Kier molecular flexibility index (Phi) is 3.47. The van der Waals surface area contributed by atoms with Crippen molar-refractivity contribution in [1.82, 2.24) is 9.78 Å². The molecule has 1 aromatic carbocycles. The normalized spacial score (nSPS) is 10.7. The molecule has 0 unspecified atom stereocenters. The van der Waals surface area contributed by atoms with Gasteiger partial charge in [0.25, 0.3) is 0 Å². The van der Waals surface area contributed by atoms with Crippen LogP contribution in [0.3, 0.4) is 0 Å². The molecule has 0 bridgehead atoms. The van der Waals surface area contributed by atoms with E-state index in [1.54, 1.807) is 25.0 Å². The zero-order valence-electron chi connectivity index (χ0n) is 10.4. The topological polar surface area (TPSA) is 53.1 Å². The molecule has 0 saturated heterocycles. The Balaban J connectivity index is 2.70. The molecule has 0 radical (unpaired) electrons. The average Bonchev–Trinajstić information content (AvgIpc) is 2.69. The Morgan fingerprint density at radius 1 is 1.39 bits per heavy atom. The van der Waals surface area contributed by atoms with E-state index in [0.717, 1.165) is 4.90 Å². The van der Waals surface area contributed by atoms with E-state index >= 15 is 0 Å². The fourth-order valence-corrected chi connectivity index (χ4v) is 2.39. The molecule has 6 heteroatoms. The number of methoxy groups -OCH3 is 1. The summed E-state index contributed by atoms with van der Waals surface area (Å²) in [6.45, 7) is 0. The minimum absolute atomic E-state index is 0.321. The maximum Gasteiger partial charge on any atom is 0.140 e. The number of nitrogens with zero attached hydrogens (tertiary/aromatic N) is 2. The number of aryl methyl sites for hydroxylation is 1. The number of halogens is 1. The average molecular weight is 267 g/mol. The summed E-state index contributed by atoms with van der Waals surface area (Å²) >= 11 is 1.42. The number of nitrogens with two attached hydrogens (primary N) is 1. The molecular formula is C12H14FN3OS.